The molecule has 4 atom stereocenters. The molecule has 0 radical (unpaired) electrons. The van der Waals surface area contributed by atoms with Crippen molar-refractivity contribution < 1.29 is 9.68 Å². The molecule has 13 rings (SSSR count). The fourth-order valence-electron chi connectivity index (χ4n) is 10.5. The second-order valence-electron chi connectivity index (χ2n) is 18.0. The van der Waals surface area contributed by atoms with Gasteiger partial charge in [-0.15, -0.1) is 0 Å². The number of hydrogen-bond acceptors (Lipinski definition) is 6. The third kappa shape index (κ3) is 7.98. The molecular weight excluding hydrogens is 1100 g/mol. The molecule has 2 N–H and O–H groups in total. The molecule has 4 aliphatic heterocycles. The summed E-state index contributed by atoms with van der Waals surface area (Å²) in [4.78, 5) is 32.4. The summed E-state index contributed by atoms with van der Waals surface area (Å²) in [6.45, 7) is 0. The molecule has 4 aliphatic rings. The SMILES string of the molecule is Clc1ccc(-c2c3nc(c(-c4ccc(Cl)cc4)c4ccc([nH]4)c(-c4ccc(Cl)cc4)c4nc(c(-c5ccc(Cl)cc5)c5ccc2[nH]5)C2ON=C(c5c(Cl)cccc5Cl)C42)C2C(c4c(Cl)cccc4Cl)=NOC32)cc1. The lowest BCUT2D eigenvalue weighted by molar-refractivity contribution is 0.0800. The lowest BCUT2D eigenvalue weighted by Crippen LogP contribution is -2.14. The van der Waals surface area contributed by atoms with Crippen molar-refractivity contribution in [1.82, 2.24) is 19.9 Å². The summed E-state index contributed by atoms with van der Waals surface area (Å²) < 4.78 is 0. The molecular formula is C58H32Cl8N6O2. The number of H-pyrrole nitrogens is 2. The van der Waals surface area contributed by atoms with Crippen LogP contribution in [-0.2, 0) is 9.68 Å². The van der Waals surface area contributed by atoms with Crippen LogP contribution in [0.4, 0.5) is 0 Å². The van der Waals surface area contributed by atoms with Crippen LogP contribution in [0.25, 0.3) is 66.6 Å². The van der Waals surface area contributed by atoms with Crippen LogP contribution < -0.4 is 0 Å². The molecule has 16 heteroatoms. The molecule has 0 saturated heterocycles. The minimum atomic E-state index is -0.760. The first-order valence-corrected chi connectivity index (χ1v) is 26.2. The van der Waals surface area contributed by atoms with Crippen LogP contribution in [0, 0.1) is 0 Å². The first kappa shape index (κ1) is 47.4. The van der Waals surface area contributed by atoms with Gasteiger partial charge in [-0.2, -0.15) is 0 Å². The zero-order valence-electron chi connectivity index (χ0n) is 37.9. The van der Waals surface area contributed by atoms with Crippen molar-refractivity contribution in [2.75, 3.05) is 0 Å². The molecule has 8 nitrogen and oxygen atoms in total. The second-order valence-corrected chi connectivity index (χ2v) is 21.4. The van der Waals surface area contributed by atoms with Crippen LogP contribution in [0.1, 0.15) is 57.9 Å². The molecule has 0 spiro atoms. The number of halogens is 8. The van der Waals surface area contributed by atoms with Crippen molar-refractivity contribution >= 4 is 126 Å². The monoisotopic (exact) mass is 1120 g/mol. The lowest BCUT2D eigenvalue weighted by Gasteiger charge is -2.17. The number of fused-ring (bicyclic) bond motifs is 14. The van der Waals surface area contributed by atoms with Gasteiger partial charge in [-0.3, -0.25) is 9.97 Å². The van der Waals surface area contributed by atoms with Crippen molar-refractivity contribution in [2.24, 2.45) is 10.3 Å². The number of nitrogens with one attached hydrogen (secondary N) is 2. The van der Waals surface area contributed by atoms with E-state index in [0.717, 1.165) is 44.5 Å². The Morgan fingerprint density at radius 2 is 0.581 bits per heavy atom. The van der Waals surface area contributed by atoms with Gasteiger partial charge in [-0.1, -0.05) is 164 Å². The first-order chi connectivity index (χ1) is 36.0. The highest BCUT2D eigenvalue weighted by atomic mass is 35.5. The largest absolute Gasteiger partial charge is 0.385 e. The number of benzene rings is 6. The van der Waals surface area contributed by atoms with Crippen LogP contribution in [0.15, 0.2) is 168 Å². The standard InChI is InChI=1S/C58H32Cl8N6O2/c59-31-15-7-27(8-16-31)43-39-23-24-40(67-39)44(28-9-17-32(60)18-10-28)52-50-54(48-37(65)5-2-6-38(48)66)72-74-58(50)56(70-52)46(30-13-21-34(62)22-14-30)42-26-25-41(68-42)45(29-11-19-33(61)20-12-29)55-57-49(51(43)69-55)53(71-73-57)47-35(63)3-1-4-36(47)64/h1-26,49-50,57-58,67-68H. The summed E-state index contributed by atoms with van der Waals surface area (Å²) in [6.07, 6.45) is -1.52. The Bertz CT molecular complexity index is 3730. The fraction of sp³-hybridized carbons (Fsp3) is 0.0690. The Morgan fingerprint density at radius 3 is 0.865 bits per heavy atom. The number of nitrogens with zero attached hydrogens (tertiary/aromatic N) is 4. The Morgan fingerprint density at radius 1 is 0.311 bits per heavy atom. The van der Waals surface area contributed by atoms with E-state index in [9.17, 15) is 0 Å². The highest BCUT2D eigenvalue weighted by Gasteiger charge is 2.49. The van der Waals surface area contributed by atoms with Gasteiger partial charge in [0.25, 0.3) is 0 Å². The molecule has 74 heavy (non-hydrogen) atoms. The van der Waals surface area contributed by atoms with Crippen LogP contribution in [-0.4, -0.2) is 31.4 Å². The molecule has 3 aromatic heterocycles. The van der Waals surface area contributed by atoms with E-state index < -0.39 is 24.0 Å². The summed E-state index contributed by atoms with van der Waals surface area (Å²) in [5, 5.41) is 13.6. The summed E-state index contributed by atoms with van der Waals surface area (Å²) >= 11 is 54.7. The molecule has 0 aliphatic carbocycles. The van der Waals surface area contributed by atoms with E-state index in [2.05, 4.69) is 9.97 Å². The smallest absolute Gasteiger partial charge is 0.184 e. The highest BCUT2D eigenvalue weighted by Crippen LogP contribution is 2.55. The first-order valence-electron chi connectivity index (χ1n) is 23.2. The maximum atomic E-state index is 7.06. The maximum Gasteiger partial charge on any atom is 0.184 e. The van der Waals surface area contributed by atoms with E-state index in [1.807, 2.05) is 121 Å². The Labute approximate surface area is 463 Å². The van der Waals surface area contributed by atoms with Gasteiger partial charge in [-0.25, -0.2) is 0 Å². The molecule has 4 unspecified atom stereocenters. The minimum Gasteiger partial charge on any atom is -0.385 e. The fourth-order valence-corrected chi connectivity index (χ4v) is 12.2. The van der Waals surface area contributed by atoms with E-state index in [1.54, 1.807) is 36.4 Å². The molecule has 9 aromatic rings. The molecule has 0 amide bonds. The number of hydrogen-bond donors (Lipinski definition) is 2. The average molecular weight is 1130 g/mol. The third-order valence-corrected chi connectivity index (χ3v) is 16.0. The zero-order valence-corrected chi connectivity index (χ0v) is 44.0. The van der Waals surface area contributed by atoms with Crippen molar-refractivity contribution in [3.63, 3.8) is 0 Å². The predicted octanol–water partition coefficient (Wildman–Crippen LogP) is 18.7. The lowest BCUT2D eigenvalue weighted by atomic mass is 9.85. The number of oxime groups is 2. The van der Waals surface area contributed by atoms with Crippen LogP contribution >= 0.6 is 92.8 Å². The molecule has 7 heterocycles. The van der Waals surface area contributed by atoms with E-state index in [-0.39, 0.29) is 0 Å². The van der Waals surface area contributed by atoms with Crippen molar-refractivity contribution in [2.45, 2.75) is 24.0 Å². The number of aromatic nitrogens is 4. The van der Waals surface area contributed by atoms with Crippen LogP contribution in [0.3, 0.4) is 0 Å². The highest BCUT2D eigenvalue weighted by molar-refractivity contribution is 6.42. The molecule has 8 bridgehead atoms. The van der Waals surface area contributed by atoms with Crippen molar-refractivity contribution in [3.8, 4) is 44.5 Å². The van der Waals surface area contributed by atoms with Crippen molar-refractivity contribution in [1.29, 1.82) is 0 Å². The van der Waals surface area contributed by atoms with E-state index in [4.69, 9.17) is 123 Å². The average Bonchev–Trinajstić information content (AvgIpc) is 4.28. The van der Waals surface area contributed by atoms with Gasteiger partial charge in [0.15, 0.2) is 12.2 Å². The Kier molecular flexibility index (Phi) is 12.1. The molecule has 0 fully saturated rings. The topological polar surface area (TPSA) is 101 Å². The summed E-state index contributed by atoms with van der Waals surface area (Å²) in [6, 6.07) is 49.4. The molecule has 0 saturated carbocycles. The van der Waals surface area contributed by atoms with Crippen LogP contribution in [0.5, 0.6) is 0 Å². The number of rotatable bonds is 6. The van der Waals surface area contributed by atoms with Gasteiger partial charge in [0.1, 0.15) is 11.4 Å². The van der Waals surface area contributed by atoms with Crippen LogP contribution in [0.2, 0.25) is 40.2 Å². The molecule has 362 valence electrons. The van der Waals surface area contributed by atoms with Gasteiger partial charge < -0.3 is 19.6 Å². The predicted molar refractivity (Wildman–Crippen MR) is 302 cm³/mol. The van der Waals surface area contributed by atoms with Gasteiger partial charge in [0.05, 0.1) is 54.7 Å². The quantitative estimate of drug-likeness (QED) is 0.173. The van der Waals surface area contributed by atoms with Gasteiger partial charge in [0.2, 0.25) is 0 Å². The minimum absolute atomic E-state index is 0.411. The zero-order chi connectivity index (χ0) is 50.5. The summed E-state index contributed by atoms with van der Waals surface area (Å²) in [5.74, 6) is -1.26. The van der Waals surface area contributed by atoms with Crippen molar-refractivity contribution in [3.05, 3.63) is 232 Å². The Hall–Kier alpha value is -6.30. The van der Waals surface area contributed by atoms with E-state index >= 15 is 0 Å². The third-order valence-electron chi connectivity index (χ3n) is 13.8. The normalized spacial score (nSPS) is 17.6. The van der Waals surface area contributed by atoms with Gasteiger partial charge in [0, 0.05) is 75.5 Å². The summed E-state index contributed by atoms with van der Waals surface area (Å²) in [7, 11) is 0. The number of aromatic amines is 2. The van der Waals surface area contributed by atoms with E-state index in [1.165, 1.54) is 0 Å². The maximum absolute atomic E-state index is 7.06. The second kappa shape index (κ2) is 18.8. The molecule has 6 aromatic carbocycles. The Balaban J connectivity index is 1.24. The summed E-state index contributed by atoms with van der Waals surface area (Å²) in [5.41, 5.74) is 13.6. The van der Waals surface area contributed by atoms with E-state index in [0.29, 0.717) is 108 Å². The van der Waals surface area contributed by atoms with Gasteiger partial charge >= 0.3 is 0 Å². The van der Waals surface area contributed by atoms with Gasteiger partial charge in [-0.05, 0) is 119 Å².